The van der Waals surface area contributed by atoms with Gasteiger partial charge in [-0.25, -0.2) is 10.2 Å². The lowest BCUT2D eigenvalue weighted by atomic mass is 10.3. The molecule has 0 unspecified atom stereocenters. The van der Waals surface area contributed by atoms with E-state index in [9.17, 15) is 4.79 Å². The third-order valence-corrected chi connectivity index (χ3v) is 4.20. The Morgan fingerprint density at radius 3 is 2.59 bits per heavy atom. The van der Waals surface area contributed by atoms with Gasteiger partial charge in [0.2, 0.25) is 0 Å². The summed E-state index contributed by atoms with van der Waals surface area (Å²) in [5.74, 6) is 0.759. The average molecular weight is 427 g/mol. The van der Waals surface area contributed by atoms with Gasteiger partial charge in [0.25, 0.3) is 0 Å². The van der Waals surface area contributed by atoms with Gasteiger partial charge in [-0.3, -0.25) is 0 Å². The van der Waals surface area contributed by atoms with Crippen molar-refractivity contribution in [3.8, 4) is 11.4 Å². The van der Waals surface area contributed by atoms with Gasteiger partial charge in [0.15, 0.2) is 0 Å². The van der Waals surface area contributed by atoms with E-state index in [1.807, 2.05) is 54.1 Å². The number of urea groups is 1. The van der Waals surface area contributed by atoms with Gasteiger partial charge >= 0.3 is 6.03 Å². The number of anilines is 1. The van der Waals surface area contributed by atoms with E-state index in [-0.39, 0.29) is 0 Å². The van der Waals surface area contributed by atoms with Crippen molar-refractivity contribution >= 4 is 33.9 Å². The molecule has 6 nitrogen and oxygen atoms in total. The number of rotatable bonds is 6. The summed E-state index contributed by atoms with van der Waals surface area (Å²) in [6.45, 7) is 2.52. The zero-order valence-electron chi connectivity index (χ0n) is 14.7. The summed E-state index contributed by atoms with van der Waals surface area (Å²) in [6, 6.07) is 18.5. The molecule has 0 aliphatic heterocycles. The topological polar surface area (TPSA) is 67.7 Å². The van der Waals surface area contributed by atoms with Crippen molar-refractivity contribution in [3.05, 3.63) is 77.0 Å². The minimum absolute atomic E-state index is 0.419. The van der Waals surface area contributed by atoms with Gasteiger partial charge in [-0.2, -0.15) is 5.10 Å². The van der Waals surface area contributed by atoms with E-state index in [0.717, 1.165) is 21.6 Å². The largest absolute Gasteiger partial charge is 0.494 e. The second kappa shape index (κ2) is 9.05. The van der Waals surface area contributed by atoms with Gasteiger partial charge in [0.05, 0.1) is 18.5 Å². The Morgan fingerprint density at radius 2 is 1.89 bits per heavy atom. The maximum Gasteiger partial charge on any atom is 0.339 e. The monoisotopic (exact) mass is 426 g/mol. The number of benzene rings is 2. The van der Waals surface area contributed by atoms with Crippen molar-refractivity contribution in [1.29, 1.82) is 0 Å². The third-order valence-electron chi connectivity index (χ3n) is 3.67. The first-order chi connectivity index (χ1) is 13.2. The molecule has 0 spiro atoms. The Balaban J connectivity index is 1.58. The van der Waals surface area contributed by atoms with Crippen LogP contribution in [0.4, 0.5) is 10.5 Å². The van der Waals surface area contributed by atoms with Gasteiger partial charge < -0.3 is 14.6 Å². The van der Waals surface area contributed by atoms with Crippen LogP contribution in [0.15, 0.2) is 76.4 Å². The first-order valence-corrected chi connectivity index (χ1v) is 9.21. The van der Waals surface area contributed by atoms with E-state index in [4.69, 9.17) is 4.74 Å². The predicted molar refractivity (Wildman–Crippen MR) is 111 cm³/mol. The molecular weight excluding hydrogens is 408 g/mol. The Kier molecular flexibility index (Phi) is 6.27. The molecule has 2 N–H and O–H groups in total. The van der Waals surface area contributed by atoms with Crippen LogP contribution in [0.1, 0.15) is 12.6 Å². The van der Waals surface area contributed by atoms with Crippen LogP contribution in [-0.2, 0) is 0 Å². The molecule has 0 aliphatic rings. The normalized spacial score (nSPS) is 10.7. The number of halogens is 1. The Bertz CT molecular complexity index is 918. The number of carbonyl (C=O) groups excluding carboxylic acids is 1. The Labute approximate surface area is 166 Å². The van der Waals surface area contributed by atoms with Crippen LogP contribution < -0.4 is 15.5 Å². The zero-order valence-corrected chi connectivity index (χ0v) is 16.3. The van der Waals surface area contributed by atoms with Crippen LogP contribution in [0.3, 0.4) is 0 Å². The highest BCUT2D eigenvalue weighted by molar-refractivity contribution is 9.10. The SMILES string of the molecule is CCOc1ccc(NC(=O)N/N=C/c2cccn2-c2ccc(Br)cc2)cc1. The van der Waals surface area contributed by atoms with Gasteiger partial charge in [-0.1, -0.05) is 15.9 Å². The molecule has 0 saturated carbocycles. The summed E-state index contributed by atoms with van der Waals surface area (Å²) < 4.78 is 8.36. The highest BCUT2D eigenvalue weighted by atomic mass is 79.9. The van der Waals surface area contributed by atoms with Crippen LogP contribution in [0.2, 0.25) is 0 Å². The van der Waals surface area contributed by atoms with Crippen molar-refractivity contribution in [2.24, 2.45) is 5.10 Å². The molecule has 3 rings (SSSR count). The van der Waals surface area contributed by atoms with Gasteiger partial charge in [-0.05, 0) is 67.6 Å². The molecule has 0 radical (unpaired) electrons. The van der Waals surface area contributed by atoms with Crippen molar-refractivity contribution < 1.29 is 9.53 Å². The van der Waals surface area contributed by atoms with E-state index in [0.29, 0.717) is 12.3 Å². The van der Waals surface area contributed by atoms with E-state index in [1.165, 1.54) is 0 Å². The van der Waals surface area contributed by atoms with E-state index < -0.39 is 6.03 Å². The lowest BCUT2D eigenvalue weighted by molar-refractivity contribution is 0.252. The molecule has 0 bridgehead atoms. The molecule has 3 aromatic rings. The highest BCUT2D eigenvalue weighted by Gasteiger charge is 2.03. The molecule has 2 amide bonds. The predicted octanol–water partition coefficient (Wildman–Crippen LogP) is 4.79. The number of nitrogens with zero attached hydrogens (tertiary/aromatic N) is 2. The van der Waals surface area contributed by atoms with Crippen molar-refractivity contribution in [2.75, 3.05) is 11.9 Å². The minimum Gasteiger partial charge on any atom is -0.494 e. The third kappa shape index (κ3) is 5.21. The van der Waals surface area contributed by atoms with Gasteiger partial charge in [-0.15, -0.1) is 0 Å². The smallest absolute Gasteiger partial charge is 0.339 e. The molecule has 1 heterocycles. The van der Waals surface area contributed by atoms with E-state index in [2.05, 4.69) is 31.8 Å². The first kappa shape index (κ1) is 18.7. The van der Waals surface area contributed by atoms with Crippen LogP contribution >= 0.6 is 15.9 Å². The molecule has 0 saturated heterocycles. The number of hydrogen-bond acceptors (Lipinski definition) is 3. The van der Waals surface area contributed by atoms with Crippen LogP contribution in [0, 0.1) is 0 Å². The highest BCUT2D eigenvalue weighted by Crippen LogP contribution is 2.16. The molecule has 1 aromatic heterocycles. The summed E-state index contributed by atoms with van der Waals surface area (Å²) in [6.07, 6.45) is 3.53. The van der Waals surface area contributed by atoms with Crippen LogP contribution in [0.5, 0.6) is 5.75 Å². The second-order valence-electron chi connectivity index (χ2n) is 5.56. The van der Waals surface area contributed by atoms with E-state index in [1.54, 1.807) is 30.5 Å². The molecule has 7 heteroatoms. The standard InChI is InChI=1S/C20H19BrN4O2/c1-2-27-19-11-7-16(8-12-19)23-20(26)24-22-14-18-4-3-13-25(18)17-9-5-15(21)6-10-17/h3-14H,2H2,1H3,(H2,23,24,26)/b22-14+. The average Bonchev–Trinajstić information content (AvgIpc) is 3.13. The summed E-state index contributed by atoms with van der Waals surface area (Å²) >= 11 is 3.43. The first-order valence-electron chi connectivity index (χ1n) is 8.42. The fourth-order valence-corrected chi connectivity index (χ4v) is 2.72. The number of carbonyl (C=O) groups is 1. The number of amides is 2. The maximum absolute atomic E-state index is 12.0. The number of nitrogens with one attached hydrogen (secondary N) is 2. The molecule has 0 aliphatic carbocycles. The molecular formula is C20H19BrN4O2. The molecule has 138 valence electrons. The molecule has 0 atom stereocenters. The zero-order chi connectivity index (χ0) is 19.1. The Hall–Kier alpha value is -3.06. The van der Waals surface area contributed by atoms with Crippen molar-refractivity contribution in [2.45, 2.75) is 6.92 Å². The van der Waals surface area contributed by atoms with Crippen LogP contribution in [0.25, 0.3) is 5.69 Å². The summed E-state index contributed by atoms with van der Waals surface area (Å²) in [4.78, 5) is 12.0. The van der Waals surface area contributed by atoms with Gasteiger partial charge in [0, 0.05) is 22.0 Å². The minimum atomic E-state index is -0.419. The molecule has 0 fully saturated rings. The second-order valence-corrected chi connectivity index (χ2v) is 6.48. The van der Waals surface area contributed by atoms with Gasteiger partial charge in [0.1, 0.15) is 5.75 Å². The summed E-state index contributed by atoms with van der Waals surface area (Å²) in [5, 5.41) is 6.73. The lowest BCUT2D eigenvalue weighted by Crippen LogP contribution is -2.24. The fraction of sp³-hybridized carbons (Fsp3) is 0.100. The summed E-state index contributed by atoms with van der Waals surface area (Å²) in [5.41, 5.74) is 4.97. The summed E-state index contributed by atoms with van der Waals surface area (Å²) in [7, 11) is 0. The fourth-order valence-electron chi connectivity index (χ4n) is 2.45. The maximum atomic E-state index is 12.0. The van der Waals surface area contributed by atoms with Crippen molar-refractivity contribution in [3.63, 3.8) is 0 Å². The number of aromatic nitrogens is 1. The molecule has 2 aromatic carbocycles. The Morgan fingerprint density at radius 1 is 1.15 bits per heavy atom. The van der Waals surface area contributed by atoms with Crippen molar-refractivity contribution in [1.82, 2.24) is 9.99 Å². The van der Waals surface area contributed by atoms with E-state index >= 15 is 0 Å². The molecule has 27 heavy (non-hydrogen) atoms. The quantitative estimate of drug-likeness (QED) is 0.439. The van der Waals surface area contributed by atoms with Crippen LogP contribution in [-0.4, -0.2) is 23.4 Å². The number of ether oxygens (including phenoxy) is 1. The lowest BCUT2D eigenvalue weighted by Gasteiger charge is -2.07. The number of hydrazone groups is 1. The number of hydrogen-bond donors (Lipinski definition) is 2.